The Labute approximate surface area is 135 Å². The smallest absolute Gasteiger partial charge is 0.235 e. The van der Waals surface area contributed by atoms with Gasteiger partial charge >= 0.3 is 0 Å². The Kier molecular flexibility index (Phi) is 4.70. The van der Waals surface area contributed by atoms with Crippen molar-refractivity contribution in [3.8, 4) is 11.5 Å². The molecule has 0 aromatic carbocycles. The molecule has 0 unspecified atom stereocenters. The summed E-state index contributed by atoms with van der Waals surface area (Å²) in [6, 6.07) is 0.729. The van der Waals surface area contributed by atoms with Crippen LogP contribution in [0.4, 0.5) is 4.39 Å². The molecular formula is C15H21ClFN3O2. The van der Waals surface area contributed by atoms with Crippen LogP contribution < -0.4 is 9.47 Å². The molecule has 0 N–H and O–H groups in total. The van der Waals surface area contributed by atoms with E-state index in [4.69, 9.17) is 21.1 Å². The molecule has 3 heterocycles. The maximum atomic E-state index is 13.6. The fourth-order valence-electron chi connectivity index (χ4n) is 2.60. The molecule has 2 aliphatic rings. The molecule has 0 radical (unpaired) electrons. The van der Waals surface area contributed by atoms with Gasteiger partial charge in [-0.25, -0.2) is 4.98 Å². The second-order valence-corrected chi connectivity index (χ2v) is 6.40. The third-order valence-corrected chi connectivity index (χ3v) is 4.96. The lowest BCUT2D eigenvalue weighted by Crippen LogP contribution is -2.48. The van der Waals surface area contributed by atoms with Crippen LogP contribution in [0.2, 0.25) is 5.02 Å². The van der Waals surface area contributed by atoms with Gasteiger partial charge in [-0.3, -0.25) is 9.80 Å². The number of hydrogen-bond acceptors (Lipinski definition) is 5. The number of likely N-dealkylation sites (tertiary alicyclic amines) is 2. The van der Waals surface area contributed by atoms with Crippen LogP contribution in [0.5, 0.6) is 11.5 Å². The maximum absolute atomic E-state index is 13.6. The minimum Gasteiger partial charge on any atom is -0.486 e. The number of likely N-dealkylation sites (N-methyl/N-ethyl adjacent to an activating group) is 2. The molecule has 2 atom stereocenters. The van der Waals surface area contributed by atoms with Crippen LogP contribution in [0.15, 0.2) is 6.20 Å². The van der Waals surface area contributed by atoms with Crippen LogP contribution in [0.1, 0.15) is 12.8 Å². The summed E-state index contributed by atoms with van der Waals surface area (Å²) in [4.78, 5) is 8.03. The van der Waals surface area contributed by atoms with Crippen molar-refractivity contribution < 1.29 is 13.9 Å². The lowest BCUT2D eigenvalue weighted by atomic mass is 10.1. The zero-order valence-electron chi connectivity index (χ0n) is 12.9. The first-order valence-corrected chi connectivity index (χ1v) is 7.94. The number of nitrogens with zero attached hydrogens (tertiary/aromatic N) is 3. The molecule has 0 bridgehead atoms. The van der Waals surface area contributed by atoms with Crippen LogP contribution in [0, 0.1) is 5.95 Å². The molecular weight excluding hydrogens is 309 g/mol. The average Bonchev–Trinajstić information content (AvgIpc) is 2.50. The summed E-state index contributed by atoms with van der Waals surface area (Å²) in [5.74, 6) is -0.0585. The Hall–Kier alpha value is -1.11. The van der Waals surface area contributed by atoms with Gasteiger partial charge in [-0.05, 0) is 40.0 Å². The molecule has 3 rings (SSSR count). The first-order valence-electron chi connectivity index (χ1n) is 7.56. The lowest BCUT2D eigenvalue weighted by Gasteiger charge is -2.38. The summed E-state index contributed by atoms with van der Waals surface area (Å²) in [6.45, 7) is 3.14. The van der Waals surface area contributed by atoms with E-state index in [9.17, 15) is 4.39 Å². The minimum atomic E-state index is -0.730. The van der Waals surface area contributed by atoms with E-state index in [1.807, 2.05) is 7.05 Å². The molecule has 2 aliphatic heterocycles. The minimum absolute atomic E-state index is 0.110. The van der Waals surface area contributed by atoms with E-state index in [0.29, 0.717) is 31.0 Å². The zero-order chi connectivity index (χ0) is 15.7. The van der Waals surface area contributed by atoms with Gasteiger partial charge in [0.05, 0.1) is 6.20 Å². The fraction of sp³-hybridized carbons (Fsp3) is 0.667. The average molecular weight is 330 g/mol. The molecule has 122 valence electrons. The Morgan fingerprint density at radius 1 is 1.18 bits per heavy atom. The highest BCUT2D eigenvalue weighted by Gasteiger charge is 2.28. The number of rotatable bonds is 6. The first-order chi connectivity index (χ1) is 10.6. The van der Waals surface area contributed by atoms with Crippen molar-refractivity contribution in [3.63, 3.8) is 0 Å². The van der Waals surface area contributed by atoms with Gasteiger partial charge in [-0.2, -0.15) is 4.39 Å². The predicted molar refractivity (Wildman–Crippen MR) is 82.3 cm³/mol. The number of pyridine rings is 1. The van der Waals surface area contributed by atoms with Crippen LogP contribution >= 0.6 is 11.6 Å². The fourth-order valence-corrected chi connectivity index (χ4v) is 2.79. The first kappa shape index (κ1) is 15.8. The largest absolute Gasteiger partial charge is 0.486 e. The van der Waals surface area contributed by atoms with Gasteiger partial charge in [0.1, 0.15) is 18.2 Å². The van der Waals surface area contributed by atoms with Crippen molar-refractivity contribution >= 4 is 11.6 Å². The zero-order valence-corrected chi connectivity index (χ0v) is 13.6. The quantitative estimate of drug-likeness (QED) is 0.747. The predicted octanol–water partition coefficient (Wildman–Crippen LogP) is 2.04. The van der Waals surface area contributed by atoms with Crippen molar-refractivity contribution in [2.75, 3.05) is 40.4 Å². The van der Waals surface area contributed by atoms with Crippen molar-refractivity contribution in [1.29, 1.82) is 0 Å². The van der Waals surface area contributed by atoms with Crippen LogP contribution in [0.3, 0.4) is 0 Å². The summed E-state index contributed by atoms with van der Waals surface area (Å²) in [5.41, 5.74) is 0. The lowest BCUT2D eigenvalue weighted by molar-refractivity contribution is 0.0660. The molecule has 2 saturated heterocycles. The Morgan fingerprint density at radius 2 is 1.77 bits per heavy atom. The van der Waals surface area contributed by atoms with E-state index in [-0.39, 0.29) is 10.8 Å². The molecule has 22 heavy (non-hydrogen) atoms. The molecule has 0 amide bonds. The normalized spacial score (nSPS) is 25.5. The molecule has 5 nitrogen and oxygen atoms in total. The van der Waals surface area contributed by atoms with Gasteiger partial charge in [-0.1, -0.05) is 11.6 Å². The monoisotopic (exact) mass is 329 g/mol. The van der Waals surface area contributed by atoms with Crippen LogP contribution in [0.25, 0.3) is 0 Å². The van der Waals surface area contributed by atoms with Crippen molar-refractivity contribution in [2.45, 2.75) is 24.9 Å². The highest BCUT2D eigenvalue weighted by atomic mass is 35.5. The number of ether oxygens (including phenoxy) is 2. The highest BCUT2D eigenvalue weighted by molar-refractivity contribution is 6.32. The topological polar surface area (TPSA) is 37.8 Å². The van der Waals surface area contributed by atoms with Crippen LogP contribution in [-0.2, 0) is 0 Å². The molecule has 7 heteroatoms. The van der Waals surface area contributed by atoms with E-state index in [0.717, 1.165) is 25.9 Å². The van der Waals surface area contributed by atoms with E-state index < -0.39 is 5.95 Å². The molecule has 1 aromatic heterocycles. The van der Waals surface area contributed by atoms with Crippen LogP contribution in [-0.4, -0.2) is 67.3 Å². The van der Waals surface area contributed by atoms with Gasteiger partial charge < -0.3 is 9.47 Å². The molecule has 1 aromatic rings. The van der Waals surface area contributed by atoms with Gasteiger partial charge in [-0.15, -0.1) is 0 Å². The highest BCUT2D eigenvalue weighted by Crippen LogP contribution is 2.36. The molecule has 2 fully saturated rings. The molecule has 0 aliphatic carbocycles. The third kappa shape index (κ3) is 3.14. The summed E-state index contributed by atoms with van der Waals surface area (Å²) in [7, 11) is 4.09. The van der Waals surface area contributed by atoms with Crippen molar-refractivity contribution in [1.82, 2.24) is 14.8 Å². The summed E-state index contributed by atoms with van der Waals surface area (Å²) in [5, 5.41) is -0.110. The van der Waals surface area contributed by atoms with E-state index in [2.05, 4.69) is 21.8 Å². The van der Waals surface area contributed by atoms with E-state index in [1.54, 1.807) is 0 Å². The van der Waals surface area contributed by atoms with E-state index in [1.165, 1.54) is 6.20 Å². The molecule has 0 saturated carbocycles. The second kappa shape index (κ2) is 6.56. The standard InChI is InChI=1S/C15H21ClFN3O2/c1-19-5-3-10(19)8-21-12-7-18-15(17)13(16)14(12)22-9-11-4-6-20(11)2/h7,10-11H,3-6,8-9H2,1-2H3/t10-,11-/m0/s1. The third-order valence-electron chi connectivity index (χ3n) is 4.63. The SMILES string of the molecule is CN1CC[C@H]1COc1cnc(F)c(Cl)c1OC[C@@H]1CCN1C. The second-order valence-electron chi connectivity index (χ2n) is 6.02. The number of aromatic nitrogens is 1. The summed E-state index contributed by atoms with van der Waals surface area (Å²) >= 11 is 6.00. The Morgan fingerprint density at radius 3 is 2.27 bits per heavy atom. The van der Waals surface area contributed by atoms with Gasteiger partial charge in [0.2, 0.25) is 5.95 Å². The molecule has 0 spiro atoms. The summed E-state index contributed by atoms with van der Waals surface area (Å²) < 4.78 is 25.1. The van der Waals surface area contributed by atoms with Gasteiger partial charge in [0, 0.05) is 12.1 Å². The Balaban J connectivity index is 1.66. The Bertz CT molecular complexity index is 546. The van der Waals surface area contributed by atoms with Crippen molar-refractivity contribution in [2.24, 2.45) is 0 Å². The van der Waals surface area contributed by atoms with E-state index >= 15 is 0 Å². The number of halogens is 2. The summed E-state index contributed by atoms with van der Waals surface area (Å²) in [6.07, 6.45) is 3.52. The van der Waals surface area contributed by atoms with Crippen molar-refractivity contribution in [3.05, 3.63) is 17.2 Å². The van der Waals surface area contributed by atoms with Gasteiger partial charge in [0.25, 0.3) is 0 Å². The maximum Gasteiger partial charge on any atom is 0.235 e. The number of hydrogen-bond donors (Lipinski definition) is 0. The van der Waals surface area contributed by atoms with Gasteiger partial charge in [0.15, 0.2) is 11.5 Å².